The Bertz CT molecular complexity index is 948. The highest BCUT2D eigenvalue weighted by Crippen LogP contribution is 2.27. The number of benzene rings is 2. The monoisotopic (exact) mass is 330 g/mol. The summed E-state index contributed by atoms with van der Waals surface area (Å²) in [5.74, 6) is 0. The molecule has 110 valence electrons. The lowest BCUT2D eigenvalue weighted by atomic mass is 10.2. The normalized spacial score (nSPS) is 10.4. The number of anilines is 1. The lowest BCUT2D eigenvalue weighted by Gasteiger charge is -1.90. The standard InChI is InChI=1S/C7H4N2O2S.C7H6N2S/c10-9(11)6-3-1-2-5-4-8-12-7(5)6;8-6-3-1-2-5-4-9-10-7(5)6/h1-4H;1-4H,8H2. The van der Waals surface area contributed by atoms with Crippen LogP contribution in [0, 0.1) is 10.1 Å². The molecule has 0 saturated carbocycles. The molecule has 0 aliphatic carbocycles. The molecule has 4 rings (SSSR count). The van der Waals surface area contributed by atoms with Crippen LogP contribution in [-0.4, -0.2) is 13.7 Å². The molecule has 2 heterocycles. The summed E-state index contributed by atoms with van der Waals surface area (Å²) < 4.78 is 9.63. The van der Waals surface area contributed by atoms with Crippen LogP contribution in [0.15, 0.2) is 48.8 Å². The van der Waals surface area contributed by atoms with Crippen molar-refractivity contribution in [3.05, 3.63) is 58.9 Å². The maximum absolute atomic E-state index is 10.5. The summed E-state index contributed by atoms with van der Waals surface area (Å²) >= 11 is 2.59. The molecular weight excluding hydrogens is 320 g/mol. The van der Waals surface area contributed by atoms with Crippen LogP contribution in [0.1, 0.15) is 0 Å². The molecule has 2 aromatic heterocycles. The van der Waals surface area contributed by atoms with Crippen LogP contribution in [0.5, 0.6) is 0 Å². The SMILES string of the molecule is Nc1cccc2cnsc12.O=[N+]([O-])c1cccc2cnsc12. The number of fused-ring (bicyclic) bond motifs is 2. The Kier molecular flexibility index (Phi) is 3.94. The minimum Gasteiger partial charge on any atom is -0.398 e. The lowest BCUT2D eigenvalue weighted by molar-refractivity contribution is -0.382. The fourth-order valence-electron chi connectivity index (χ4n) is 1.94. The van der Waals surface area contributed by atoms with E-state index in [1.807, 2.05) is 30.5 Å². The van der Waals surface area contributed by atoms with Crippen molar-refractivity contribution in [2.24, 2.45) is 0 Å². The highest BCUT2D eigenvalue weighted by atomic mass is 32.1. The predicted molar refractivity (Wildman–Crippen MR) is 90.3 cm³/mol. The number of non-ortho nitro benzene ring substituents is 1. The van der Waals surface area contributed by atoms with Crippen LogP contribution in [0.2, 0.25) is 0 Å². The third-order valence-electron chi connectivity index (χ3n) is 2.97. The van der Waals surface area contributed by atoms with Crippen LogP contribution in [-0.2, 0) is 0 Å². The van der Waals surface area contributed by atoms with Crippen LogP contribution >= 0.6 is 23.1 Å². The zero-order chi connectivity index (χ0) is 15.5. The average Bonchev–Trinajstić information content (AvgIpc) is 3.16. The molecule has 0 unspecified atom stereocenters. The zero-order valence-corrected chi connectivity index (χ0v) is 12.8. The van der Waals surface area contributed by atoms with Gasteiger partial charge in [-0.1, -0.05) is 24.3 Å². The number of nitrogens with two attached hydrogens (primary N) is 1. The van der Waals surface area contributed by atoms with Gasteiger partial charge in [-0.05, 0) is 29.1 Å². The van der Waals surface area contributed by atoms with Crippen molar-refractivity contribution in [3.63, 3.8) is 0 Å². The average molecular weight is 330 g/mol. The topological polar surface area (TPSA) is 94.9 Å². The summed E-state index contributed by atoms with van der Waals surface area (Å²) in [5, 5.41) is 12.5. The van der Waals surface area contributed by atoms with Gasteiger partial charge in [0.15, 0.2) is 0 Å². The van der Waals surface area contributed by atoms with Crippen LogP contribution in [0.4, 0.5) is 11.4 Å². The van der Waals surface area contributed by atoms with E-state index in [4.69, 9.17) is 5.73 Å². The number of hydrogen-bond acceptors (Lipinski definition) is 7. The Labute approximate surface area is 133 Å². The van der Waals surface area contributed by atoms with Crippen molar-refractivity contribution >= 4 is 54.6 Å². The molecule has 0 spiro atoms. The van der Waals surface area contributed by atoms with Crippen molar-refractivity contribution in [2.45, 2.75) is 0 Å². The smallest absolute Gasteiger partial charge is 0.288 e. The molecule has 0 saturated heterocycles. The maximum Gasteiger partial charge on any atom is 0.288 e. The largest absolute Gasteiger partial charge is 0.398 e. The van der Waals surface area contributed by atoms with Gasteiger partial charge in [0.2, 0.25) is 0 Å². The van der Waals surface area contributed by atoms with Crippen LogP contribution in [0.3, 0.4) is 0 Å². The molecule has 4 aromatic rings. The van der Waals surface area contributed by atoms with E-state index in [0.717, 1.165) is 32.7 Å². The van der Waals surface area contributed by atoms with Crippen molar-refractivity contribution < 1.29 is 4.92 Å². The molecule has 0 radical (unpaired) electrons. The first-order chi connectivity index (χ1) is 10.7. The van der Waals surface area contributed by atoms with Crippen molar-refractivity contribution in [3.8, 4) is 0 Å². The number of nitro groups is 1. The van der Waals surface area contributed by atoms with Gasteiger partial charge in [0, 0.05) is 29.2 Å². The van der Waals surface area contributed by atoms with Gasteiger partial charge in [0.05, 0.1) is 15.3 Å². The first-order valence-corrected chi connectivity index (χ1v) is 7.78. The first kappa shape index (κ1) is 14.4. The van der Waals surface area contributed by atoms with Crippen molar-refractivity contribution in [1.29, 1.82) is 0 Å². The van der Waals surface area contributed by atoms with Crippen LogP contribution < -0.4 is 5.73 Å². The minimum absolute atomic E-state index is 0.134. The van der Waals surface area contributed by atoms with Gasteiger partial charge < -0.3 is 5.73 Å². The summed E-state index contributed by atoms with van der Waals surface area (Å²) in [4.78, 5) is 10.1. The first-order valence-electron chi connectivity index (χ1n) is 6.23. The van der Waals surface area contributed by atoms with Gasteiger partial charge in [-0.2, -0.15) is 8.75 Å². The van der Waals surface area contributed by atoms with Gasteiger partial charge >= 0.3 is 0 Å². The van der Waals surface area contributed by atoms with Gasteiger partial charge in [-0.25, -0.2) is 0 Å². The van der Waals surface area contributed by atoms with Gasteiger partial charge in [-0.15, -0.1) is 0 Å². The molecule has 6 nitrogen and oxygen atoms in total. The summed E-state index contributed by atoms with van der Waals surface area (Å²) in [6.07, 6.45) is 3.46. The predicted octanol–water partition coefficient (Wildman–Crippen LogP) is 4.08. The molecule has 0 aliphatic heterocycles. The maximum atomic E-state index is 10.5. The summed E-state index contributed by atoms with van der Waals surface area (Å²) in [5.41, 5.74) is 6.62. The highest BCUT2D eigenvalue weighted by molar-refractivity contribution is 7.14. The number of rotatable bonds is 1. The fraction of sp³-hybridized carbons (Fsp3) is 0. The van der Waals surface area contributed by atoms with Gasteiger partial charge in [-0.3, -0.25) is 10.1 Å². The van der Waals surface area contributed by atoms with E-state index < -0.39 is 0 Å². The Morgan fingerprint density at radius 1 is 0.955 bits per heavy atom. The molecule has 22 heavy (non-hydrogen) atoms. The van der Waals surface area contributed by atoms with E-state index in [-0.39, 0.29) is 10.6 Å². The van der Waals surface area contributed by atoms with E-state index in [1.165, 1.54) is 17.6 Å². The number of nitrogen functional groups attached to an aromatic ring is 1. The summed E-state index contributed by atoms with van der Waals surface area (Å²) in [7, 11) is 0. The molecular formula is C14H10N4O2S2. The molecule has 2 N–H and O–H groups in total. The van der Waals surface area contributed by atoms with E-state index in [0.29, 0.717) is 4.70 Å². The second-order valence-corrected chi connectivity index (χ2v) is 5.97. The number of nitro benzene ring substituents is 1. The van der Waals surface area contributed by atoms with Crippen molar-refractivity contribution in [1.82, 2.24) is 8.75 Å². The molecule has 0 aliphatic rings. The molecule has 0 amide bonds. The molecule has 2 aromatic carbocycles. The van der Waals surface area contributed by atoms with E-state index >= 15 is 0 Å². The third-order valence-corrected chi connectivity index (χ3v) is 4.67. The lowest BCUT2D eigenvalue weighted by Crippen LogP contribution is -1.86. The van der Waals surface area contributed by atoms with Crippen molar-refractivity contribution in [2.75, 3.05) is 5.73 Å². The summed E-state index contributed by atoms with van der Waals surface area (Å²) in [6.45, 7) is 0. The third kappa shape index (κ3) is 2.74. The summed E-state index contributed by atoms with van der Waals surface area (Å²) in [6, 6.07) is 10.8. The molecule has 0 fully saturated rings. The minimum atomic E-state index is -0.388. The Morgan fingerprint density at radius 3 is 2.18 bits per heavy atom. The fourth-order valence-corrected chi connectivity index (χ4v) is 3.34. The quantitative estimate of drug-likeness (QED) is 0.322. The van der Waals surface area contributed by atoms with E-state index in [2.05, 4.69) is 8.75 Å². The van der Waals surface area contributed by atoms with Gasteiger partial charge in [0.25, 0.3) is 5.69 Å². The number of aromatic nitrogens is 2. The Hall–Kier alpha value is -2.58. The number of hydrogen-bond donors (Lipinski definition) is 1. The number of nitrogens with zero attached hydrogens (tertiary/aromatic N) is 3. The second-order valence-electron chi connectivity index (χ2n) is 4.37. The second kappa shape index (κ2) is 6.04. The molecule has 0 atom stereocenters. The van der Waals surface area contributed by atoms with E-state index in [1.54, 1.807) is 12.3 Å². The zero-order valence-electron chi connectivity index (χ0n) is 11.2. The molecule has 8 heteroatoms. The Morgan fingerprint density at radius 2 is 1.55 bits per heavy atom. The van der Waals surface area contributed by atoms with Gasteiger partial charge in [0.1, 0.15) is 4.70 Å². The Balaban J connectivity index is 0.000000133. The highest BCUT2D eigenvalue weighted by Gasteiger charge is 2.11. The molecule has 0 bridgehead atoms. The van der Waals surface area contributed by atoms with Crippen LogP contribution in [0.25, 0.3) is 20.2 Å². The van der Waals surface area contributed by atoms with E-state index in [9.17, 15) is 10.1 Å².